The summed E-state index contributed by atoms with van der Waals surface area (Å²) in [6.07, 6.45) is 0. The average Bonchev–Trinajstić information content (AvgIpc) is 2.43. The van der Waals surface area contributed by atoms with Gasteiger partial charge in [0.15, 0.2) is 10.5 Å². The van der Waals surface area contributed by atoms with Crippen molar-refractivity contribution >= 4 is 45.9 Å². The standard InChI is InChI=1S/C16H10Cl2O2S/c1-9-6-10(17)7-11-13(19)8-15(20-16(9)11)21-14-5-3-2-4-12(14)18/h2-8H,1H3. The van der Waals surface area contributed by atoms with Gasteiger partial charge in [-0.15, -0.1) is 0 Å². The molecule has 1 aromatic heterocycles. The van der Waals surface area contributed by atoms with Crippen molar-refractivity contribution in [2.24, 2.45) is 0 Å². The van der Waals surface area contributed by atoms with Gasteiger partial charge in [-0.25, -0.2) is 0 Å². The minimum Gasteiger partial charge on any atom is -0.449 e. The summed E-state index contributed by atoms with van der Waals surface area (Å²) in [5.74, 6) is 0. The maximum absolute atomic E-state index is 12.2. The molecule has 0 N–H and O–H groups in total. The van der Waals surface area contributed by atoms with Gasteiger partial charge < -0.3 is 4.42 Å². The largest absolute Gasteiger partial charge is 0.449 e. The molecule has 1 heterocycles. The smallest absolute Gasteiger partial charge is 0.193 e. The summed E-state index contributed by atoms with van der Waals surface area (Å²) >= 11 is 13.4. The Balaban J connectivity index is 2.13. The van der Waals surface area contributed by atoms with E-state index in [9.17, 15) is 4.79 Å². The van der Waals surface area contributed by atoms with E-state index in [1.54, 1.807) is 18.2 Å². The van der Waals surface area contributed by atoms with Crippen molar-refractivity contribution in [2.45, 2.75) is 16.9 Å². The number of aryl methyl sites for hydroxylation is 1. The topological polar surface area (TPSA) is 30.2 Å². The molecule has 0 spiro atoms. The quantitative estimate of drug-likeness (QED) is 0.613. The first-order chi connectivity index (χ1) is 10.0. The number of fused-ring (bicyclic) bond motifs is 1. The highest BCUT2D eigenvalue weighted by Gasteiger charge is 2.11. The lowest BCUT2D eigenvalue weighted by Gasteiger charge is -2.06. The normalized spacial score (nSPS) is 11.0. The molecule has 0 bridgehead atoms. The van der Waals surface area contributed by atoms with Crippen molar-refractivity contribution < 1.29 is 4.42 Å². The lowest BCUT2D eigenvalue weighted by Crippen LogP contribution is -2.00. The first kappa shape index (κ1) is 14.5. The van der Waals surface area contributed by atoms with Gasteiger partial charge in [0.1, 0.15) is 5.58 Å². The molecule has 0 saturated heterocycles. The van der Waals surface area contributed by atoms with Gasteiger partial charge in [0.2, 0.25) is 0 Å². The van der Waals surface area contributed by atoms with Gasteiger partial charge in [-0.05, 0) is 36.8 Å². The molecular formula is C16H10Cl2O2S. The van der Waals surface area contributed by atoms with E-state index >= 15 is 0 Å². The fraction of sp³-hybridized carbons (Fsp3) is 0.0625. The van der Waals surface area contributed by atoms with E-state index in [1.807, 2.05) is 25.1 Å². The molecule has 3 aromatic rings. The van der Waals surface area contributed by atoms with Crippen molar-refractivity contribution in [3.05, 3.63) is 68.3 Å². The summed E-state index contributed by atoms with van der Waals surface area (Å²) in [6, 6.07) is 12.3. The fourth-order valence-electron chi connectivity index (χ4n) is 2.05. The van der Waals surface area contributed by atoms with Crippen molar-refractivity contribution in [3.8, 4) is 0 Å². The molecule has 0 fully saturated rings. The van der Waals surface area contributed by atoms with Gasteiger partial charge in [0.05, 0.1) is 10.4 Å². The molecule has 2 nitrogen and oxygen atoms in total. The predicted octanol–water partition coefficient (Wildman–Crippen LogP) is 5.56. The fourth-order valence-corrected chi connectivity index (χ4v) is 3.39. The maximum atomic E-state index is 12.2. The zero-order valence-electron chi connectivity index (χ0n) is 11.0. The molecule has 0 aliphatic rings. The van der Waals surface area contributed by atoms with Crippen LogP contribution in [0, 0.1) is 6.92 Å². The highest BCUT2D eigenvalue weighted by atomic mass is 35.5. The molecule has 21 heavy (non-hydrogen) atoms. The van der Waals surface area contributed by atoms with Crippen LogP contribution in [0.25, 0.3) is 11.0 Å². The summed E-state index contributed by atoms with van der Waals surface area (Å²) in [5, 5.41) is 2.14. The summed E-state index contributed by atoms with van der Waals surface area (Å²) in [4.78, 5) is 13.1. The van der Waals surface area contributed by atoms with Gasteiger partial charge >= 0.3 is 0 Å². The Labute approximate surface area is 135 Å². The third-order valence-electron chi connectivity index (χ3n) is 3.00. The van der Waals surface area contributed by atoms with Crippen LogP contribution in [0.1, 0.15) is 5.56 Å². The molecule has 5 heteroatoms. The molecule has 0 saturated carbocycles. The van der Waals surface area contributed by atoms with Gasteiger partial charge in [0, 0.05) is 16.0 Å². The molecule has 106 valence electrons. The first-order valence-corrected chi connectivity index (χ1v) is 7.78. The molecule has 0 amide bonds. The molecule has 0 unspecified atom stereocenters. The Morgan fingerprint density at radius 1 is 1.10 bits per heavy atom. The molecular weight excluding hydrogens is 327 g/mol. The van der Waals surface area contributed by atoms with E-state index in [-0.39, 0.29) is 5.43 Å². The van der Waals surface area contributed by atoms with Crippen LogP contribution in [0.3, 0.4) is 0 Å². The van der Waals surface area contributed by atoms with Crippen LogP contribution in [0.5, 0.6) is 0 Å². The van der Waals surface area contributed by atoms with Gasteiger partial charge in [-0.3, -0.25) is 4.79 Å². The van der Waals surface area contributed by atoms with Crippen LogP contribution in [0.2, 0.25) is 10.0 Å². The van der Waals surface area contributed by atoms with Crippen LogP contribution >= 0.6 is 35.0 Å². The predicted molar refractivity (Wildman–Crippen MR) is 87.8 cm³/mol. The Morgan fingerprint density at radius 3 is 2.62 bits per heavy atom. The maximum Gasteiger partial charge on any atom is 0.193 e. The van der Waals surface area contributed by atoms with E-state index in [4.69, 9.17) is 27.6 Å². The first-order valence-electron chi connectivity index (χ1n) is 6.21. The van der Waals surface area contributed by atoms with E-state index in [1.165, 1.54) is 17.8 Å². The lowest BCUT2D eigenvalue weighted by atomic mass is 10.1. The van der Waals surface area contributed by atoms with Crippen LogP contribution in [-0.2, 0) is 0 Å². The third kappa shape index (κ3) is 2.95. The van der Waals surface area contributed by atoms with Crippen molar-refractivity contribution in [2.75, 3.05) is 0 Å². The second-order valence-corrected chi connectivity index (χ2v) is 6.45. The summed E-state index contributed by atoms with van der Waals surface area (Å²) < 4.78 is 5.83. The zero-order chi connectivity index (χ0) is 15.0. The minimum absolute atomic E-state index is 0.114. The van der Waals surface area contributed by atoms with Gasteiger partial charge in [-0.1, -0.05) is 47.1 Å². The van der Waals surface area contributed by atoms with Crippen molar-refractivity contribution in [1.29, 1.82) is 0 Å². The second kappa shape index (κ2) is 5.76. The Hall–Kier alpha value is -1.42. The Morgan fingerprint density at radius 2 is 1.86 bits per heavy atom. The van der Waals surface area contributed by atoms with E-state index in [0.717, 1.165) is 10.5 Å². The molecule has 0 aliphatic heterocycles. The minimum atomic E-state index is -0.114. The van der Waals surface area contributed by atoms with Crippen LogP contribution in [0.15, 0.2) is 61.7 Å². The molecule has 0 radical (unpaired) electrons. The molecule has 0 aliphatic carbocycles. The van der Waals surface area contributed by atoms with Crippen LogP contribution in [-0.4, -0.2) is 0 Å². The number of halogens is 2. The van der Waals surface area contributed by atoms with E-state index < -0.39 is 0 Å². The zero-order valence-corrected chi connectivity index (χ0v) is 13.4. The SMILES string of the molecule is Cc1cc(Cl)cc2c(=O)cc(Sc3ccccc3Cl)oc12. The number of hydrogen-bond donors (Lipinski definition) is 0. The highest BCUT2D eigenvalue weighted by molar-refractivity contribution is 7.99. The van der Waals surface area contributed by atoms with E-state index in [0.29, 0.717) is 26.1 Å². The van der Waals surface area contributed by atoms with E-state index in [2.05, 4.69) is 0 Å². The average molecular weight is 337 g/mol. The highest BCUT2D eigenvalue weighted by Crippen LogP contribution is 2.34. The Bertz CT molecular complexity index is 887. The third-order valence-corrected chi connectivity index (χ3v) is 4.64. The summed E-state index contributed by atoms with van der Waals surface area (Å²) in [7, 11) is 0. The summed E-state index contributed by atoms with van der Waals surface area (Å²) in [5.41, 5.74) is 1.27. The molecule has 3 rings (SSSR count). The Kier molecular flexibility index (Phi) is 3.98. The van der Waals surface area contributed by atoms with Crippen LogP contribution < -0.4 is 5.43 Å². The molecule has 0 atom stereocenters. The number of rotatable bonds is 2. The lowest BCUT2D eigenvalue weighted by molar-refractivity contribution is 0.498. The number of hydrogen-bond acceptors (Lipinski definition) is 3. The van der Waals surface area contributed by atoms with Crippen molar-refractivity contribution in [1.82, 2.24) is 0 Å². The van der Waals surface area contributed by atoms with Gasteiger partial charge in [0.25, 0.3) is 0 Å². The molecule has 2 aromatic carbocycles. The van der Waals surface area contributed by atoms with Crippen LogP contribution in [0.4, 0.5) is 0 Å². The monoisotopic (exact) mass is 336 g/mol. The van der Waals surface area contributed by atoms with Crippen molar-refractivity contribution in [3.63, 3.8) is 0 Å². The number of benzene rings is 2. The van der Waals surface area contributed by atoms with Gasteiger partial charge in [-0.2, -0.15) is 0 Å². The second-order valence-electron chi connectivity index (χ2n) is 4.56. The summed E-state index contributed by atoms with van der Waals surface area (Å²) in [6.45, 7) is 1.86.